The molecule has 0 aliphatic carbocycles. The van der Waals surface area contributed by atoms with Gasteiger partial charge in [0.15, 0.2) is 0 Å². The van der Waals surface area contributed by atoms with Crippen molar-refractivity contribution in [3.05, 3.63) is 51.7 Å². The van der Waals surface area contributed by atoms with E-state index in [4.69, 9.17) is 11.6 Å². The van der Waals surface area contributed by atoms with Gasteiger partial charge in [0.05, 0.1) is 11.3 Å². The highest BCUT2D eigenvalue weighted by molar-refractivity contribution is 7.07. The van der Waals surface area contributed by atoms with Gasteiger partial charge in [0.1, 0.15) is 6.07 Å². The summed E-state index contributed by atoms with van der Waals surface area (Å²) in [5, 5.41) is 13.4. The van der Waals surface area contributed by atoms with E-state index in [2.05, 4.69) is 27.8 Å². The fraction of sp³-hybridized carbons (Fsp3) is 0.214. The average molecular weight is 277 g/mol. The molecule has 0 spiro atoms. The Bertz CT molecular complexity index is 558. The number of nitrogens with zero attached hydrogens (tertiary/aromatic N) is 2. The standard InChI is InChI=1S/C14H13ClN2S/c1-17(9-12-4-5-18-10-12)14-3-2-11(7-15)6-13(14)8-16/h2-6,10H,7,9H2,1H3. The van der Waals surface area contributed by atoms with Gasteiger partial charge in [-0.2, -0.15) is 16.6 Å². The van der Waals surface area contributed by atoms with E-state index in [0.717, 1.165) is 17.8 Å². The van der Waals surface area contributed by atoms with Gasteiger partial charge >= 0.3 is 0 Å². The first-order valence-corrected chi connectivity index (χ1v) is 7.03. The minimum Gasteiger partial charge on any atom is -0.369 e. The van der Waals surface area contributed by atoms with Crippen LogP contribution in [-0.2, 0) is 12.4 Å². The summed E-state index contributed by atoms with van der Waals surface area (Å²) in [5.74, 6) is 0.434. The number of nitriles is 1. The zero-order valence-corrected chi connectivity index (χ0v) is 11.6. The molecule has 0 atom stereocenters. The first kappa shape index (κ1) is 12.9. The number of thiophene rings is 1. The Morgan fingerprint density at radius 3 is 2.78 bits per heavy atom. The van der Waals surface area contributed by atoms with Crippen molar-refractivity contribution in [3.8, 4) is 6.07 Å². The Morgan fingerprint density at radius 1 is 1.33 bits per heavy atom. The molecule has 1 aromatic heterocycles. The highest BCUT2D eigenvalue weighted by Crippen LogP contribution is 2.23. The minimum absolute atomic E-state index is 0.434. The van der Waals surface area contributed by atoms with Crippen LogP contribution < -0.4 is 4.90 Å². The van der Waals surface area contributed by atoms with Gasteiger partial charge in [0, 0.05) is 19.5 Å². The molecule has 0 radical (unpaired) electrons. The van der Waals surface area contributed by atoms with Crippen molar-refractivity contribution < 1.29 is 0 Å². The molecule has 0 N–H and O–H groups in total. The van der Waals surface area contributed by atoms with Crippen LogP contribution in [0.5, 0.6) is 0 Å². The number of hydrogen-bond donors (Lipinski definition) is 0. The molecule has 0 amide bonds. The van der Waals surface area contributed by atoms with Gasteiger partial charge in [-0.15, -0.1) is 11.6 Å². The van der Waals surface area contributed by atoms with Crippen LogP contribution >= 0.6 is 22.9 Å². The molecule has 0 fully saturated rings. The highest BCUT2D eigenvalue weighted by Gasteiger charge is 2.09. The van der Waals surface area contributed by atoms with E-state index in [1.807, 2.05) is 25.2 Å². The van der Waals surface area contributed by atoms with Crippen LogP contribution in [0, 0.1) is 11.3 Å². The molecule has 2 rings (SSSR count). The summed E-state index contributed by atoms with van der Waals surface area (Å²) in [7, 11) is 1.99. The smallest absolute Gasteiger partial charge is 0.101 e. The summed E-state index contributed by atoms with van der Waals surface area (Å²) in [6.45, 7) is 0.804. The van der Waals surface area contributed by atoms with Crippen molar-refractivity contribution >= 4 is 28.6 Å². The number of halogens is 1. The van der Waals surface area contributed by atoms with E-state index < -0.39 is 0 Å². The second-order valence-corrected chi connectivity index (χ2v) is 5.13. The van der Waals surface area contributed by atoms with E-state index >= 15 is 0 Å². The Labute approximate surface area is 116 Å². The molecule has 0 aliphatic rings. The normalized spacial score (nSPS) is 10.1. The second-order valence-electron chi connectivity index (χ2n) is 4.08. The van der Waals surface area contributed by atoms with Crippen LogP contribution in [0.15, 0.2) is 35.0 Å². The van der Waals surface area contributed by atoms with Crippen LogP contribution in [0.25, 0.3) is 0 Å². The maximum Gasteiger partial charge on any atom is 0.101 e. The molecule has 0 saturated carbocycles. The lowest BCUT2D eigenvalue weighted by Gasteiger charge is -2.20. The van der Waals surface area contributed by atoms with Crippen molar-refractivity contribution in [2.45, 2.75) is 12.4 Å². The van der Waals surface area contributed by atoms with Gasteiger partial charge in [0.2, 0.25) is 0 Å². The summed E-state index contributed by atoms with van der Waals surface area (Å²) in [4.78, 5) is 2.08. The number of hydrogen-bond acceptors (Lipinski definition) is 3. The Hall–Kier alpha value is -1.50. The second kappa shape index (κ2) is 5.90. The van der Waals surface area contributed by atoms with Crippen LogP contribution in [-0.4, -0.2) is 7.05 Å². The summed E-state index contributed by atoms with van der Waals surface area (Å²) in [6, 6.07) is 10.1. The van der Waals surface area contributed by atoms with Gasteiger partial charge in [-0.05, 0) is 40.1 Å². The van der Waals surface area contributed by atoms with Crippen LogP contribution in [0.3, 0.4) is 0 Å². The lowest BCUT2D eigenvalue weighted by Crippen LogP contribution is -2.17. The first-order chi connectivity index (χ1) is 8.74. The van der Waals surface area contributed by atoms with Crippen molar-refractivity contribution in [2.24, 2.45) is 0 Å². The zero-order chi connectivity index (χ0) is 13.0. The molecular formula is C14H13ClN2S. The molecule has 1 aromatic carbocycles. The van der Waals surface area contributed by atoms with E-state index in [1.54, 1.807) is 11.3 Å². The highest BCUT2D eigenvalue weighted by atomic mass is 35.5. The molecule has 1 heterocycles. The number of alkyl halides is 1. The molecule has 92 valence electrons. The molecule has 2 nitrogen and oxygen atoms in total. The quantitative estimate of drug-likeness (QED) is 0.790. The third-order valence-corrected chi connectivity index (χ3v) is 3.79. The van der Waals surface area contributed by atoms with E-state index in [-0.39, 0.29) is 0 Å². The average Bonchev–Trinajstić information content (AvgIpc) is 2.90. The van der Waals surface area contributed by atoms with Gasteiger partial charge < -0.3 is 4.90 Å². The zero-order valence-electron chi connectivity index (χ0n) is 10.1. The predicted octanol–water partition coefficient (Wildman–Crippen LogP) is 3.99. The fourth-order valence-electron chi connectivity index (χ4n) is 1.83. The first-order valence-electron chi connectivity index (χ1n) is 5.56. The van der Waals surface area contributed by atoms with E-state index in [0.29, 0.717) is 11.4 Å². The Kier molecular flexibility index (Phi) is 4.24. The summed E-state index contributed by atoms with van der Waals surface area (Å²) < 4.78 is 0. The fourth-order valence-corrected chi connectivity index (χ4v) is 2.66. The van der Waals surface area contributed by atoms with Gasteiger partial charge in [-0.1, -0.05) is 6.07 Å². The van der Waals surface area contributed by atoms with E-state index in [1.165, 1.54) is 5.56 Å². The molecule has 0 saturated heterocycles. The summed E-state index contributed by atoms with van der Waals surface area (Å²) in [6.07, 6.45) is 0. The predicted molar refractivity (Wildman–Crippen MR) is 77.1 cm³/mol. The Morgan fingerprint density at radius 2 is 2.17 bits per heavy atom. The van der Waals surface area contributed by atoms with Gasteiger partial charge in [0.25, 0.3) is 0 Å². The van der Waals surface area contributed by atoms with Gasteiger partial charge in [-0.3, -0.25) is 0 Å². The Balaban J connectivity index is 2.24. The lowest BCUT2D eigenvalue weighted by atomic mass is 10.1. The van der Waals surface area contributed by atoms with Crippen LogP contribution in [0.4, 0.5) is 5.69 Å². The SMILES string of the molecule is CN(Cc1ccsc1)c1ccc(CCl)cc1C#N. The topological polar surface area (TPSA) is 27.0 Å². The maximum atomic E-state index is 9.20. The number of rotatable bonds is 4. The molecule has 2 aromatic rings. The molecular weight excluding hydrogens is 264 g/mol. The number of anilines is 1. The van der Waals surface area contributed by atoms with Gasteiger partial charge in [-0.25, -0.2) is 0 Å². The van der Waals surface area contributed by atoms with Crippen molar-refractivity contribution in [3.63, 3.8) is 0 Å². The van der Waals surface area contributed by atoms with E-state index in [9.17, 15) is 5.26 Å². The molecule has 0 aliphatic heterocycles. The largest absolute Gasteiger partial charge is 0.369 e. The van der Waals surface area contributed by atoms with Crippen molar-refractivity contribution in [2.75, 3.05) is 11.9 Å². The van der Waals surface area contributed by atoms with Crippen LogP contribution in [0.2, 0.25) is 0 Å². The summed E-state index contributed by atoms with van der Waals surface area (Å²) in [5.41, 5.74) is 3.84. The number of benzene rings is 1. The summed E-state index contributed by atoms with van der Waals surface area (Å²) >= 11 is 7.46. The third-order valence-electron chi connectivity index (χ3n) is 2.75. The monoisotopic (exact) mass is 276 g/mol. The third kappa shape index (κ3) is 2.84. The molecule has 4 heteroatoms. The maximum absolute atomic E-state index is 9.20. The van der Waals surface area contributed by atoms with Crippen molar-refractivity contribution in [1.82, 2.24) is 0 Å². The molecule has 18 heavy (non-hydrogen) atoms. The van der Waals surface area contributed by atoms with Crippen LogP contribution in [0.1, 0.15) is 16.7 Å². The lowest BCUT2D eigenvalue weighted by molar-refractivity contribution is 0.924. The molecule has 0 unspecified atom stereocenters. The molecule has 0 bridgehead atoms. The van der Waals surface area contributed by atoms with Crippen molar-refractivity contribution in [1.29, 1.82) is 5.26 Å². The minimum atomic E-state index is 0.434.